The van der Waals surface area contributed by atoms with E-state index in [0.717, 1.165) is 5.56 Å². The third kappa shape index (κ3) is 6.00. The van der Waals surface area contributed by atoms with Crippen LogP contribution in [0, 0.1) is 0 Å². The lowest BCUT2D eigenvalue weighted by molar-refractivity contribution is -0.126. The van der Waals surface area contributed by atoms with Crippen LogP contribution in [-0.4, -0.2) is 30.1 Å². The van der Waals surface area contributed by atoms with E-state index in [0.29, 0.717) is 13.0 Å². The van der Waals surface area contributed by atoms with Crippen LogP contribution < -0.4 is 10.6 Å². The van der Waals surface area contributed by atoms with E-state index in [1.165, 1.54) is 0 Å². The van der Waals surface area contributed by atoms with Crippen molar-refractivity contribution in [3.05, 3.63) is 35.9 Å². The summed E-state index contributed by atoms with van der Waals surface area (Å²) in [4.78, 5) is 22.6. The fourth-order valence-electron chi connectivity index (χ4n) is 1.37. The number of aliphatic hydroxyl groups excluding tert-OH is 1. The molecule has 5 heteroatoms. The standard InChI is InChI=1S/C13H18N2O3/c16-8-4-7-12(17)15-10-13(18)14-9-11-5-2-1-3-6-11/h1-3,5-6,16H,4,7-10H2,(H,14,18)(H,15,17). The summed E-state index contributed by atoms with van der Waals surface area (Å²) in [7, 11) is 0. The number of aliphatic hydroxyl groups is 1. The van der Waals surface area contributed by atoms with Crippen molar-refractivity contribution in [1.82, 2.24) is 10.6 Å². The van der Waals surface area contributed by atoms with E-state index in [9.17, 15) is 9.59 Å². The molecule has 3 N–H and O–H groups in total. The number of amides is 2. The van der Waals surface area contributed by atoms with Gasteiger partial charge in [-0.25, -0.2) is 0 Å². The molecule has 2 amide bonds. The molecule has 0 saturated heterocycles. The third-order valence-electron chi connectivity index (χ3n) is 2.34. The lowest BCUT2D eigenvalue weighted by atomic mass is 10.2. The van der Waals surface area contributed by atoms with E-state index in [1.54, 1.807) is 0 Å². The molecule has 5 nitrogen and oxygen atoms in total. The molecule has 0 spiro atoms. The van der Waals surface area contributed by atoms with Gasteiger partial charge in [0, 0.05) is 19.6 Å². The minimum atomic E-state index is -0.226. The minimum absolute atomic E-state index is 0.0202. The normalized spacial score (nSPS) is 9.83. The Balaban J connectivity index is 2.16. The Morgan fingerprint density at radius 3 is 2.44 bits per heavy atom. The monoisotopic (exact) mass is 250 g/mol. The van der Waals surface area contributed by atoms with Crippen molar-refractivity contribution in [3.63, 3.8) is 0 Å². The Bertz CT molecular complexity index is 379. The zero-order chi connectivity index (χ0) is 13.2. The maximum absolute atomic E-state index is 11.4. The van der Waals surface area contributed by atoms with E-state index in [4.69, 9.17) is 5.11 Å². The maximum atomic E-state index is 11.4. The molecule has 1 aromatic rings. The molecule has 0 atom stereocenters. The minimum Gasteiger partial charge on any atom is -0.396 e. The molecule has 18 heavy (non-hydrogen) atoms. The maximum Gasteiger partial charge on any atom is 0.239 e. The van der Waals surface area contributed by atoms with Crippen molar-refractivity contribution in [2.45, 2.75) is 19.4 Å². The van der Waals surface area contributed by atoms with Gasteiger partial charge in [-0.1, -0.05) is 30.3 Å². The quantitative estimate of drug-likeness (QED) is 0.646. The molecular weight excluding hydrogens is 232 g/mol. The second-order valence-corrected chi connectivity index (χ2v) is 3.87. The van der Waals surface area contributed by atoms with E-state index in [-0.39, 0.29) is 31.4 Å². The molecular formula is C13H18N2O3. The van der Waals surface area contributed by atoms with Crippen LogP contribution in [0.25, 0.3) is 0 Å². The van der Waals surface area contributed by atoms with Crippen LogP contribution in [-0.2, 0) is 16.1 Å². The largest absolute Gasteiger partial charge is 0.396 e. The van der Waals surface area contributed by atoms with Crippen LogP contribution in [0.5, 0.6) is 0 Å². The van der Waals surface area contributed by atoms with Crippen LogP contribution in [0.15, 0.2) is 30.3 Å². The van der Waals surface area contributed by atoms with Gasteiger partial charge in [-0.05, 0) is 12.0 Å². The number of rotatable bonds is 7. The topological polar surface area (TPSA) is 78.4 Å². The van der Waals surface area contributed by atoms with E-state index in [1.807, 2.05) is 30.3 Å². The predicted octanol–water partition coefficient (Wildman–Crippen LogP) is 0.192. The fourth-order valence-corrected chi connectivity index (χ4v) is 1.37. The first-order valence-corrected chi connectivity index (χ1v) is 5.90. The van der Waals surface area contributed by atoms with Crippen molar-refractivity contribution >= 4 is 11.8 Å². The van der Waals surface area contributed by atoms with Gasteiger partial charge >= 0.3 is 0 Å². The Morgan fingerprint density at radius 1 is 1.06 bits per heavy atom. The zero-order valence-electron chi connectivity index (χ0n) is 10.2. The summed E-state index contributed by atoms with van der Waals surface area (Å²) in [5.74, 6) is -0.449. The van der Waals surface area contributed by atoms with Crippen molar-refractivity contribution in [1.29, 1.82) is 0 Å². The Labute approximate surface area is 106 Å². The molecule has 0 aromatic heterocycles. The molecule has 0 saturated carbocycles. The van der Waals surface area contributed by atoms with E-state index >= 15 is 0 Å². The molecule has 0 aliphatic heterocycles. The van der Waals surface area contributed by atoms with Crippen molar-refractivity contribution in [3.8, 4) is 0 Å². The highest BCUT2D eigenvalue weighted by Gasteiger charge is 2.04. The summed E-state index contributed by atoms with van der Waals surface area (Å²) in [5.41, 5.74) is 1.01. The predicted molar refractivity (Wildman–Crippen MR) is 67.6 cm³/mol. The lowest BCUT2D eigenvalue weighted by Crippen LogP contribution is -2.36. The summed E-state index contributed by atoms with van der Waals surface area (Å²) in [6.07, 6.45) is 0.653. The molecule has 1 rings (SSSR count). The fraction of sp³-hybridized carbons (Fsp3) is 0.385. The number of hydrogen-bond acceptors (Lipinski definition) is 3. The summed E-state index contributed by atoms with van der Waals surface area (Å²) in [6.45, 7) is 0.400. The summed E-state index contributed by atoms with van der Waals surface area (Å²) in [6, 6.07) is 9.54. The van der Waals surface area contributed by atoms with E-state index in [2.05, 4.69) is 10.6 Å². The van der Waals surface area contributed by atoms with Gasteiger partial charge in [0.1, 0.15) is 0 Å². The van der Waals surface area contributed by atoms with Gasteiger partial charge in [-0.3, -0.25) is 9.59 Å². The summed E-state index contributed by atoms with van der Waals surface area (Å²) < 4.78 is 0. The number of hydrogen-bond donors (Lipinski definition) is 3. The molecule has 98 valence electrons. The van der Waals surface area contributed by atoms with Crippen molar-refractivity contribution in [2.24, 2.45) is 0 Å². The van der Waals surface area contributed by atoms with Gasteiger partial charge in [-0.15, -0.1) is 0 Å². The SMILES string of the molecule is O=C(CCCO)NCC(=O)NCc1ccccc1. The average molecular weight is 250 g/mol. The van der Waals surface area contributed by atoms with Gasteiger partial charge in [0.05, 0.1) is 6.54 Å². The van der Waals surface area contributed by atoms with Crippen molar-refractivity contribution in [2.75, 3.05) is 13.2 Å². The number of carbonyl (C=O) groups excluding carboxylic acids is 2. The Hall–Kier alpha value is -1.88. The smallest absolute Gasteiger partial charge is 0.239 e. The van der Waals surface area contributed by atoms with Gasteiger partial charge in [-0.2, -0.15) is 0 Å². The molecule has 0 fully saturated rings. The molecule has 0 aliphatic carbocycles. The average Bonchev–Trinajstić information content (AvgIpc) is 2.41. The molecule has 0 bridgehead atoms. The highest BCUT2D eigenvalue weighted by Crippen LogP contribution is 1.96. The van der Waals surface area contributed by atoms with Crippen LogP contribution >= 0.6 is 0 Å². The van der Waals surface area contributed by atoms with Crippen LogP contribution in [0.1, 0.15) is 18.4 Å². The number of nitrogens with one attached hydrogen (secondary N) is 2. The Morgan fingerprint density at radius 2 is 1.78 bits per heavy atom. The molecule has 0 unspecified atom stereocenters. The first kappa shape index (κ1) is 14.2. The second-order valence-electron chi connectivity index (χ2n) is 3.87. The van der Waals surface area contributed by atoms with E-state index < -0.39 is 0 Å². The van der Waals surface area contributed by atoms with Gasteiger partial charge in [0.15, 0.2) is 0 Å². The van der Waals surface area contributed by atoms with Gasteiger partial charge < -0.3 is 15.7 Å². The van der Waals surface area contributed by atoms with Gasteiger partial charge in [0.25, 0.3) is 0 Å². The summed E-state index contributed by atoms with van der Waals surface area (Å²) in [5, 5.41) is 13.7. The zero-order valence-corrected chi connectivity index (χ0v) is 10.2. The Kier molecular flexibility index (Phi) is 6.50. The van der Waals surface area contributed by atoms with Crippen LogP contribution in [0.3, 0.4) is 0 Å². The molecule has 0 heterocycles. The highest BCUT2D eigenvalue weighted by molar-refractivity contribution is 5.84. The molecule has 0 radical (unpaired) electrons. The summed E-state index contributed by atoms with van der Waals surface area (Å²) >= 11 is 0. The van der Waals surface area contributed by atoms with Gasteiger partial charge in [0.2, 0.25) is 11.8 Å². The number of carbonyl (C=O) groups is 2. The first-order valence-electron chi connectivity index (χ1n) is 5.90. The van der Waals surface area contributed by atoms with Crippen LogP contribution in [0.2, 0.25) is 0 Å². The first-order chi connectivity index (χ1) is 8.72. The van der Waals surface area contributed by atoms with Crippen molar-refractivity contribution < 1.29 is 14.7 Å². The molecule has 1 aromatic carbocycles. The lowest BCUT2D eigenvalue weighted by Gasteiger charge is -2.06. The third-order valence-corrected chi connectivity index (χ3v) is 2.34. The molecule has 0 aliphatic rings. The highest BCUT2D eigenvalue weighted by atomic mass is 16.3. The second kappa shape index (κ2) is 8.25. The number of benzene rings is 1. The van der Waals surface area contributed by atoms with Crippen LogP contribution in [0.4, 0.5) is 0 Å².